The standard InChI is InChI=1S/C16H17NO4S/c1-17(15(18)9-8-14-3-2-10-22-14)12-4-6-13(7-5-12)21-11-16(19)20/h2-7,10H,8-9,11H2,1H3,(H,19,20). The number of thiophene rings is 1. The molecule has 0 aliphatic carbocycles. The number of ether oxygens (including phenoxy) is 1. The Morgan fingerprint density at radius 1 is 1.23 bits per heavy atom. The van der Waals surface area contributed by atoms with Crippen LogP contribution in [-0.2, 0) is 16.0 Å². The van der Waals surface area contributed by atoms with E-state index in [1.54, 1.807) is 47.5 Å². The molecule has 0 unspecified atom stereocenters. The van der Waals surface area contributed by atoms with Gasteiger partial charge in [-0.2, -0.15) is 0 Å². The third-order valence-electron chi connectivity index (χ3n) is 3.13. The Bertz CT molecular complexity index is 622. The fraction of sp³-hybridized carbons (Fsp3) is 0.250. The van der Waals surface area contributed by atoms with Crippen LogP contribution in [0.15, 0.2) is 41.8 Å². The van der Waals surface area contributed by atoms with Crippen LogP contribution in [0.25, 0.3) is 0 Å². The van der Waals surface area contributed by atoms with Gasteiger partial charge in [0.05, 0.1) is 0 Å². The van der Waals surface area contributed by atoms with Gasteiger partial charge >= 0.3 is 5.97 Å². The average molecular weight is 319 g/mol. The highest BCUT2D eigenvalue weighted by molar-refractivity contribution is 7.09. The number of nitrogens with zero attached hydrogens (tertiary/aromatic N) is 1. The van der Waals surface area contributed by atoms with Gasteiger partial charge in [-0.15, -0.1) is 11.3 Å². The van der Waals surface area contributed by atoms with Crippen molar-refractivity contribution >= 4 is 28.9 Å². The molecule has 1 amide bonds. The maximum absolute atomic E-state index is 12.2. The number of anilines is 1. The summed E-state index contributed by atoms with van der Waals surface area (Å²) in [7, 11) is 1.73. The summed E-state index contributed by atoms with van der Waals surface area (Å²) in [5, 5.41) is 10.6. The summed E-state index contributed by atoms with van der Waals surface area (Å²) in [5.41, 5.74) is 0.749. The largest absolute Gasteiger partial charge is 0.482 e. The number of hydrogen-bond donors (Lipinski definition) is 1. The van der Waals surface area contributed by atoms with Gasteiger partial charge in [0.25, 0.3) is 0 Å². The normalized spacial score (nSPS) is 10.2. The molecule has 1 aromatic carbocycles. The van der Waals surface area contributed by atoms with Crippen LogP contribution >= 0.6 is 11.3 Å². The van der Waals surface area contributed by atoms with Crippen LogP contribution in [-0.4, -0.2) is 30.6 Å². The monoisotopic (exact) mass is 319 g/mol. The molecule has 1 heterocycles. The van der Waals surface area contributed by atoms with Crippen molar-refractivity contribution in [2.24, 2.45) is 0 Å². The molecule has 22 heavy (non-hydrogen) atoms. The molecule has 2 aromatic rings. The smallest absolute Gasteiger partial charge is 0.341 e. The summed E-state index contributed by atoms with van der Waals surface area (Å²) < 4.78 is 5.06. The first kappa shape index (κ1) is 16.0. The number of carbonyl (C=O) groups excluding carboxylic acids is 1. The zero-order valence-corrected chi connectivity index (χ0v) is 13.0. The van der Waals surface area contributed by atoms with Crippen LogP contribution in [0.2, 0.25) is 0 Å². The lowest BCUT2D eigenvalue weighted by molar-refractivity contribution is -0.139. The minimum absolute atomic E-state index is 0.0348. The van der Waals surface area contributed by atoms with Gasteiger partial charge in [-0.1, -0.05) is 6.07 Å². The third-order valence-corrected chi connectivity index (χ3v) is 4.06. The number of carboxylic acids is 1. The Hall–Kier alpha value is -2.34. The van der Waals surface area contributed by atoms with Gasteiger partial charge in [0.1, 0.15) is 5.75 Å². The second-order valence-corrected chi connectivity index (χ2v) is 5.74. The number of aliphatic carboxylic acids is 1. The average Bonchev–Trinajstić information content (AvgIpc) is 3.03. The first-order chi connectivity index (χ1) is 10.6. The van der Waals surface area contributed by atoms with Crippen LogP contribution in [0.1, 0.15) is 11.3 Å². The number of carboxylic acid groups (broad SMARTS) is 1. The van der Waals surface area contributed by atoms with E-state index in [2.05, 4.69) is 0 Å². The Balaban J connectivity index is 1.89. The summed E-state index contributed by atoms with van der Waals surface area (Å²) in [6.07, 6.45) is 1.19. The van der Waals surface area contributed by atoms with Gasteiger partial charge in [-0.3, -0.25) is 4.79 Å². The molecule has 0 fully saturated rings. The second-order valence-electron chi connectivity index (χ2n) is 4.71. The van der Waals surface area contributed by atoms with Gasteiger partial charge < -0.3 is 14.7 Å². The molecule has 1 aromatic heterocycles. The summed E-state index contributed by atoms with van der Waals surface area (Å²) in [6.45, 7) is -0.380. The number of aryl methyl sites for hydroxylation is 1. The highest BCUT2D eigenvalue weighted by Crippen LogP contribution is 2.20. The van der Waals surface area contributed by atoms with Gasteiger partial charge in [0, 0.05) is 24.0 Å². The first-order valence-corrected chi connectivity index (χ1v) is 7.68. The lowest BCUT2D eigenvalue weighted by Crippen LogP contribution is -2.26. The van der Waals surface area contributed by atoms with Crippen molar-refractivity contribution in [2.75, 3.05) is 18.6 Å². The molecule has 0 atom stereocenters. The highest BCUT2D eigenvalue weighted by atomic mass is 32.1. The molecule has 0 spiro atoms. The van der Waals surface area contributed by atoms with Crippen LogP contribution in [0, 0.1) is 0 Å². The summed E-state index contributed by atoms with van der Waals surface area (Å²) in [6, 6.07) is 10.8. The summed E-state index contributed by atoms with van der Waals surface area (Å²) in [5.74, 6) is -0.525. The van der Waals surface area contributed by atoms with E-state index >= 15 is 0 Å². The van der Waals surface area contributed by atoms with Gasteiger partial charge in [-0.05, 0) is 42.1 Å². The molecule has 0 saturated carbocycles. The van der Waals surface area contributed by atoms with Crippen LogP contribution < -0.4 is 9.64 Å². The van der Waals surface area contributed by atoms with Crippen molar-refractivity contribution in [3.05, 3.63) is 46.7 Å². The molecule has 6 heteroatoms. The molecule has 0 radical (unpaired) electrons. The molecule has 0 aliphatic heterocycles. The van der Waals surface area contributed by atoms with E-state index in [4.69, 9.17) is 9.84 Å². The van der Waals surface area contributed by atoms with Crippen LogP contribution in [0.4, 0.5) is 5.69 Å². The molecule has 1 N–H and O–H groups in total. The van der Waals surface area contributed by atoms with Gasteiger partial charge in [0.15, 0.2) is 6.61 Å². The SMILES string of the molecule is CN(C(=O)CCc1cccs1)c1ccc(OCC(=O)O)cc1. The maximum atomic E-state index is 12.2. The van der Waals surface area contributed by atoms with Crippen molar-refractivity contribution in [3.63, 3.8) is 0 Å². The number of carbonyl (C=O) groups is 2. The maximum Gasteiger partial charge on any atom is 0.341 e. The Labute approximate surface area is 132 Å². The molecular weight excluding hydrogens is 302 g/mol. The van der Waals surface area contributed by atoms with Crippen molar-refractivity contribution in [1.29, 1.82) is 0 Å². The second kappa shape index (κ2) is 7.61. The van der Waals surface area contributed by atoms with Crippen molar-refractivity contribution in [2.45, 2.75) is 12.8 Å². The Kier molecular flexibility index (Phi) is 5.55. The lowest BCUT2D eigenvalue weighted by Gasteiger charge is -2.17. The number of hydrogen-bond acceptors (Lipinski definition) is 4. The molecule has 116 valence electrons. The van der Waals surface area contributed by atoms with E-state index in [0.717, 1.165) is 12.1 Å². The predicted molar refractivity (Wildman–Crippen MR) is 85.6 cm³/mol. The lowest BCUT2D eigenvalue weighted by atomic mass is 10.2. The topological polar surface area (TPSA) is 66.8 Å². The molecule has 5 nitrogen and oxygen atoms in total. The zero-order chi connectivity index (χ0) is 15.9. The van der Waals surface area contributed by atoms with E-state index in [9.17, 15) is 9.59 Å². The quantitative estimate of drug-likeness (QED) is 0.852. The number of rotatable bonds is 7. The van der Waals surface area contributed by atoms with E-state index in [0.29, 0.717) is 12.2 Å². The van der Waals surface area contributed by atoms with E-state index < -0.39 is 5.97 Å². The molecule has 0 saturated heterocycles. The number of benzene rings is 1. The highest BCUT2D eigenvalue weighted by Gasteiger charge is 2.11. The molecule has 0 bridgehead atoms. The fourth-order valence-electron chi connectivity index (χ4n) is 1.91. The summed E-state index contributed by atoms with van der Waals surface area (Å²) in [4.78, 5) is 25.4. The third kappa shape index (κ3) is 4.60. The first-order valence-electron chi connectivity index (χ1n) is 6.80. The van der Waals surface area contributed by atoms with Crippen molar-refractivity contribution in [1.82, 2.24) is 0 Å². The number of amides is 1. The molecule has 2 rings (SSSR count). The van der Waals surface area contributed by atoms with Crippen LogP contribution in [0.5, 0.6) is 5.75 Å². The van der Waals surface area contributed by atoms with Gasteiger partial charge in [0.2, 0.25) is 5.91 Å². The predicted octanol–water partition coefficient (Wildman–Crippen LogP) is 2.81. The zero-order valence-electron chi connectivity index (χ0n) is 12.2. The Morgan fingerprint density at radius 2 is 1.95 bits per heavy atom. The molecular formula is C16H17NO4S. The van der Waals surface area contributed by atoms with E-state index in [1.165, 1.54) is 4.88 Å². The van der Waals surface area contributed by atoms with Crippen molar-refractivity contribution < 1.29 is 19.4 Å². The van der Waals surface area contributed by atoms with Crippen LogP contribution in [0.3, 0.4) is 0 Å². The summed E-state index contributed by atoms with van der Waals surface area (Å²) >= 11 is 1.65. The van der Waals surface area contributed by atoms with E-state index in [-0.39, 0.29) is 12.5 Å². The fourth-order valence-corrected chi connectivity index (χ4v) is 2.62. The Morgan fingerprint density at radius 3 is 2.55 bits per heavy atom. The van der Waals surface area contributed by atoms with Gasteiger partial charge in [-0.25, -0.2) is 4.79 Å². The van der Waals surface area contributed by atoms with Crippen molar-refractivity contribution in [3.8, 4) is 5.75 Å². The van der Waals surface area contributed by atoms with E-state index in [1.807, 2.05) is 17.5 Å². The minimum Gasteiger partial charge on any atom is -0.482 e. The molecule has 0 aliphatic rings. The minimum atomic E-state index is -1.02.